The number of amides is 2. The van der Waals surface area contributed by atoms with Crippen molar-refractivity contribution in [2.24, 2.45) is 10.1 Å². The summed E-state index contributed by atoms with van der Waals surface area (Å²) < 4.78 is 13.5. The maximum atomic E-state index is 13.5. The Bertz CT molecular complexity index is 1370. The number of hydrogen-bond donors (Lipinski definition) is 1. The average molecular weight is 501 g/mol. The second-order valence-corrected chi connectivity index (χ2v) is 10.2. The highest BCUT2D eigenvalue weighted by molar-refractivity contribution is 8.15. The maximum Gasteiger partial charge on any atom is 0.262 e. The molecule has 36 heavy (non-hydrogen) atoms. The first-order valence-corrected chi connectivity index (χ1v) is 12.6. The van der Waals surface area contributed by atoms with Gasteiger partial charge in [-0.2, -0.15) is 10.1 Å². The first kappa shape index (κ1) is 23.9. The lowest BCUT2D eigenvalue weighted by molar-refractivity contribution is -0.121. The molecule has 3 aromatic rings. The third kappa shape index (κ3) is 5.23. The number of anilines is 1. The lowest BCUT2D eigenvalue weighted by atomic mass is 9.98. The van der Waals surface area contributed by atoms with E-state index in [1.54, 1.807) is 17.1 Å². The van der Waals surface area contributed by atoms with Crippen LogP contribution in [-0.2, 0) is 9.59 Å². The van der Waals surface area contributed by atoms with Gasteiger partial charge in [0.2, 0.25) is 5.91 Å². The van der Waals surface area contributed by atoms with E-state index in [-0.39, 0.29) is 30.1 Å². The minimum Gasteiger partial charge on any atom is -0.326 e. The van der Waals surface area contributed by atoms with Crippen LogP contribution in [0.25, 0.3) is 0 Å². The Morgan fingerprint density at radius 2 is 1.81 bits per heavy atom. The van der Waals surface area contributed by atoms with Gasteiger partial charge in [-0.05, 0) is 54.8 Å². The van der Waals surface area contributed by atoms with E-state index in [2.05, 4.69) is 10.3 Å². The standard InChI is InChI=1S/C28H25FN4O2S/c1-17-6-8-20(9-7-17)24-15-23(19-10-12-21(29)13-11-19)32-33(24)28-31-27(35)25(36-28)16-26(34)30-22-5-3-4-18(2)14-22/h3-14,24-25H,15-16H2,1-2H3,(H,30,34). The van der Waals surface area contributed by atoms with Crippen molar-refractivity contribution in [2.45, 2.75) is 38.0 Å². The molecule has 6 nitrogen and oxygen atoms in total. The van der Waals surface area contributed by atoms with E-state index in [9.17, 15) is 14.0 Å². The molecule has 0 saturated carbocycles. The van der Waals surface area contributed by atoms with E-state index in [1.165, 1.54) is 23.9 Å². The SMILES string of the molecule is Cc1ccc(C2CC(c3ccc(F)cc3)=NN2C2=NC(=O)C(CC(=O)Nc3cccc(C)c3)S2)cc1. The van der Waals surface area contributed by atoms with Gasteiger partial charge >= 0.3 is 0 Å². The normalized spacial score (nSPS) is 19.3. The van der Waals surface area contributed by atoms with Gasteiger partial charge in [0, 0.05) is 18.5 Å². The van der Waals surface area contributed by atoms with E-state index in [0.717, 1.165) is 28.0 Å². The summed E-state index contributed by atoms with van der Waals surface area (Å²) in [6, 6.07) is 21.8. The summed E-state index contributed by atoms with van der Waals surface area (Å²) in [7, 11) is 0. The van der Waals surface area contributed by atoms with Crippen LogP contribution < -0.4 is 5.32 Å². The smallest absolute Gasteiger partial charge is 0.262 e. The second-order valence-electron chi connectivity index (χ2n) is 8.99. The number of carbonyl (C=O) groups is 2. The lowest BCUT2D eigenvalue weighted by Crippen LogP contribution is -2.25. The molecule has 2 amide bonds. The van der Waals surface area contributed by atoms with E-state index >= 15 is 0 Å². The summed E-state index contributed by atoms with van der Waals surface area (Å²) in [6.45, 7) is 3.98. The first-order valence-electron chi connectivity index (χ1n) is 11.7. The topological polar surface area (TPSA) is 74.1 Å². The number of aryl methyl sites for hydroxylation is 2. The Morgan fingerprint density at radius 3 is 2.53 bits per heavy atom. The number of amidine groups is 1. The molecule has 0 fully saturated rings. The van der Waals surface area contributed by atoms with Gasteiger partial charge in [-0.15, -0.1) is 0 Å². The number of benzene rings is 3. The third-order valence-electron chi connectivity index (χ3n) is 6.15. The highest BCUT2D eigenvalue weighted by Gasteiger charge is 2.39. The van der Waals surface area contributed by atoms with Crippen LogP contribution in [0.3, 0.4) is 0 Å². The largest absolute Gasteiger partial charge is 0.326 e. The fraction of sp³-hybridized carbons (Fsp3) is 0.214. The molecule has 0 bridgehead atoms. The number of thioether (sulfide) groups is 1. The first-order chi connectivity index (χ1) is 17.4. The van der Waals surface area contributed by atoms with E-state index < -0.39 is 5.25 Å². The molecule has 0 saturated heterocycles. The Labute approximate surface area is 213 Å². The molecule has 0 aliphatic carbocycles. The molecule has 182 valence electrons. The Balaban J connectivity index is 1.35. The zero-order valence-electron chi connectivity index (χ0n) is 19.9. The third-order valence-corrected chi connectivity index (χ3v) is 7.29. The minimum atomic E-state index is -0.617. The van der Waals surface area contributed by atoms with Gasteiger partial charge in [-0.25, -0.2) is 9.40 Å². The molecule has 0 radical (unpaired) electrons. The van der Waals surface area contributed by atoms with E-state index in [4.69, 9.17) is 5.10 Å². The molecule has 0 aromatic heterocycles. The zero-order valence-corrected chi connectivity index (χ0v) is 20.8. The molecule has 2 aliphatic rings. The Hall–Kier alpha value is -3.78. The van der Waals surface area contributed by atoms with Crippen molar-refractivity contribution in [3.05, 3.63) is 101 Å². The van der Waals surface area contributed by atoms with E-state index in [0.29, 0.717) is 17.3 Å². The van der Waals surface area contributed by atoms with Crippen LogP contribution in [0.4, 0.5) is 10.1 Å². The number of carbonyl (C=O) groups excluding carboxylic acids is 2. The van der Waals surface area contributed by atoms with Gasteiger partial charge in [0.05, 0.1) is 11.8 Å². The number of nitrogens with one attached hydrogen (secondary N) is 1. The molecule has 2 atom stereocenters. The van der Waals surface area contributed by atoms with Crippen LogP contribution in [0.2, 0.25) is 0 Å². The van der Waals surface area contributed by atoms with Gasteiger partial charge < -0.3 is 5.32 Å². The lowest BCUT2D eigenvalue weighted by Gasteiger charge is -2.23. The average Bonchev–Trinajstić information content (AvgIpc) is 3.44. The summed E-state index contributed by atoms with van der Waals surface area (Å²) in [4.78, 5) is 29.7. The van der Waals surface area contributed by atoms with Gasteiger partial charge in [0.25, 0.3) is 5.91 Å². The summed E-state index contributed by atoms with van der Waals surface area (Å²) >= 11 is 1.26. The van der Waals surface area contributed by atoms with E-state index in [1.807, 2.05) is 62.4 Å². The summed E-state index contributed by atoms with van der Waals surface area (Å²) in [5.41, 5.74) is 5.53. The Morgan fingerprint density at radius 1 is 1.06 bits per heavy atom. The summed E-state index contributed by atoms with van der Waals surface area (Å²) in [5, 5.41) is 9.28. The maximum absolute atomic E-state index is 13.5. The van der Waals surface area contributed by atoms with Crippen molar-refractivity contribution < 1.29 is 14.0 Å². The van der Waals surface area contributed by atoms with Gasteiger partial charge in [0.1, 0.15) is 11.1 Å². The molecule has 3 aromatic carbocycles. The number of hydrogen-bond acceptors (Lipinski definition) is 5. The van der Waals surface area contributed by atoms with Crippen molar-refractivity contribution >= 4 is 40.1 Å². The predicted molar refractivity (Wildman–Crippen MR) is 142 cm³/mol. The molecule has 2 aliphatic heterocycles. The highest BCUT2D eigenvalue weighted by atomic mass is 32.2. The van der Waals surface area contributed by atoms with Crippen molar-refractivity contribution in [1.29, 1.82) is 0 Å². The van der Waals surface area contributed by atoms with Gasteiger partial charge in [-0.1, -0.05) is 65.9 Å². The van der Waals surface area contributed by atoms with Crippen molar-refractivity contribution in [3.8, 4) is 0 Å². The van der Waals surface area contributed by atoms with Crippen molar-refractivity contribution in [1.82, 2.24) is 5.01 Å². The molecule has 2 unspecified atom stereocenters. The predicted octanol–water partition coefficient (Wildman–Crippen LogP) is 5.62. The minimum absolute atomic E-state index is 0.0159. The molecule has 0 spiro atoms. The van der Waals surface area contributed by atoms with Gasteiger partial charge in [0.15, 0.2) is 5.17 Å². The number of nitrogens with zero attached hydrogens (tertiary/aromatic N) is 3. The number of hydrazone groups is 1. The molecular weight excluding hydrogens is 475 g/mol. The number of halogens is 1. The van der Waals surface area contributed by atoms with Crippen LogP contribution in [0.15, 0.2) is 82.9 Å². The quantitative estimate of drug-likeness (QED) is 0.493. The molecular formula is C28H25FN4O2S. The highest BCUT2D eigenvalue weighted by Crippen LogP contribution is 2.38. The zero-order chi connectivity index (χ0) is 25.2. The monoisotopic (exact) mass is 500 g/mol. The fourth-order valence-electron chi connectivity index (χ4n) is 4.26. The second kappa shape index (κ2) is 10.1. The van der Waals surface area contributed by atoms with Crippen LogP contribution in [-0.4, -0.2) is 33.0 Å². The summed E-state index contributed by atoms with van der Waals surface area (Å²) in [5.74, 6) is -0.894. The summed E-state index contributed by atoms with van der Waals surface area (Å²) in [6.07, 6.45) is 0.600. The molecule has 2 heterocycles. The van der Waals surface area contributed by atoms with Gasteiger partial charge in [-0.3, -0.25) is 9.59 Å². The Kier molecular flexibility index (Phi) is 6.69. The van der Waals surface area contributed by atoms with Crippen LogP contribution in [0.1, 0.15) is 41.1 Å². The molecule has 1 N–H and O–H groups in total. The van der Waals surface area contributed by atoms with Crippen LogP contribution in [0, 0.1) is 19.7 Å². The molecule has 5 rings (SSSR count). The fourth-order valence-corrected chi connectivity index (χ4v) is 5.32. The molecule has 8 heteroatoms. The van der Waals surface area contributed by atoms with Crippen LogP contribution >= 0.6 is 11.8 Å². The van der Waals surface area contributed by atoms with Crippen molar-refractivity contribution in [2.75, 3.05) is 5.32 Å². The van der Waals surface area contributed by atoms with Crippen LogP contribution in [0.5, 0.6) is 0 Å². The number of rotatable bonds is 5. The van der Waals surface area contributed by atoms with Crippen molar-refractivity contribution in [3.63, 3.8) is 0 Å². The number of aliphatic imine (C=N–C) groups is 1.